The average molecular weight is 397 g/mol. The van der Waals surface area contributed by atoms with E-state index in [1.165, 1.54) is 28.7 Å². The number of hydrogen-bond acceptors (Lipinski definition) is 6. The maximum Gasteiger partial charge on any atom is 0.349 e. The number of para-hydroxylation sites is 1. The summed E-state index contributed by atoms with van der Waals surface area (Å²) in [6, 6.07) is 14.0. The number of aliphatic hydroxyl groups is 1. The van der Waals surface area contributed by atoms with E-state index in [4.69, 9.17) is 4.42 Å². The second-order valence-corrected chi connectivity index (χ2v) is 7.75. The molecule has 0 aliphatic rings. The van der Waals surface area contributed by atoms with Gasteiger partial charge in [-0.3, -0.25) is 4.79 Å². The van der Waals surface area contributed by atoms with E-state index in [9.17, 15) is 14.7 Å². The van der Waals surface area contributed by atoms with Crippen molar-refractivity contribution in [1.82, 2.24) is 5.32 Å². The van der Waals surface area contributed by atoms with Crippen molar-refractivity contribution in [2.45, 2.75) is 5.60 Å². The van der Waals surface area contributed by atoms with Gasteiger partial charge in [-0.1, -0.05) is 24.3 Å². The third-order valence-electron chi connectivity index (χ3n) is 4.32. The molecule has 1 amide bonds. The van der Waals surface area contributed by atoms with Gasteiger partial charge in [0.25, 0.3) is 5.91 Å². The summed E-state index contributed by atoms with van der Waals surface area (Å²) in [7, 11) is 0. The van der Waals surface area contributed by atoms with Crippen LogP contribution in [0.4, 0.5) is 0 Å². The molecule has 0 saturated carbocycles. The molecule has 0 spiro atoms. The molecule has 0 saturated heterocycles. The maximum atomic E-state index is 12.6. The topological polar surface area (TPSA) is 79.5 Å². The van der Waals surface area contributed by atoms with Crippen LogP contribution in [0.15, 0.2) is 73.9 Å². The van der Waals surface area contributed by atoms with Gasteiger partial charge in [0.15, 0.2) is 0 Å². The molecule has 0 bridgehead atoms. The van der Waals surface area contributed by atoms with Crippen molar-refractivity contribution in [3.63, 3.8) is 0 Å². The fourth-order valence-corrected chi connectivity index (χ4v) is 4.44. The van der Waals surface area contributed by atoms with Crippen molar-refractivity contribution in [1.29, 1.82) is 0 Å². The van der Waals surface area contributed by atoms with Crippen LogP contribution in [0.1, 0.15) is 20.8 Å². The predicted molar refractivity (Wildman–Crippen MR) is 106 cm³/mol. The molecule has 0 radical (unpaired) electrons. The van der Waals surface area contributed by atoms with E-state index in [1.807, 2.05) is 34.3 Å². The van der Waals surface area contributed by atoms with Crippen LogP contribution in [0, 0.1) is 0 Å². The van der Waals surface area contributed by atoms with E-state index >= 15 is 0 Å². The van der Waals surface area contributed by atoms with Crippen LogP contribution in [-0.4, -0.2) is 17.6 Å². The number of carbonyl (C=O) groups excluding carboxylic acids is 1. The second kappa shape index (κ2) is 7.11. The zero-order valence-electron chi connectivity index (χ0n) is 14.0. The lowest BCUT2D eigenvalue weighted by molar-refractivity contribution is 0.0719. The number of rotatable bonds is 5. The largest absolute Gasteiger partial charge is 0.422 e. The molecule has 0 aliphatic carbocycles. The number of hydrogen-bond donors (Lipinski definition) is 2. The standard InChI is InChI=1S/C20H15NO4S2/c22-18(15-10-13-4-1-2-5-16(13)25-19(15)23)21-12-20(24,14-7-9-26-11-14)17-6-3-8-27-17/h1-11,24H,12H2,(H,21,22)/t20-/m0/s1. The molecular formula is C20H15NO4S2. The molecule has 0 fully saturated rings. The van der Waals surface area contributed by atoms with Crippen LogP contribution in [0.2, 0.25) is 0 Å². The van der Waals surface area contributed by atoms with E-state index < -0.39 is 17.1 Å². The Bertz CT molecular complexity index is 1100. The van der Waals surface area contributed by atoms with Gasteiger partial charge >= 0.3 is 5.63 Å². The van der Waals surface area contributed by atoms with Gasteiger partial charge in [-0.25, -0.2) is 4.79 Å². The first-order valence-electron chi connectivity index (χ1n) is 8.18. The number of amides is 1. The summed E-state index contributed by atoms with van der Waals surface area (Å²) < 4.78 is 5.22. The Morgan fingerprint density at radius 2 is 2.00 bits per heavy atom. The minimum atomic E-state index is -1.36. The second-order valence-electron chi connectivity index (χ2n) is 6.02. The molecule has 1 aromatic carbocycles. The van der Waals surface area contributed by atoms with Gasteiger partial charge in [-0.15, -0.1) is 11.3 Å². The Morgan fingerprint density at radius 3 is 2.74 bits per heavy atom. The quantitative estimate of drug-likeness (QED) is 0.505. The number of nitrogens with one attached hydrogen (secondary N) is 1. The predicted octanol–water partition coefficient (Wildman–Crippen LogP) is 3.58. The van der Waals surface area contributed by atoms with Crippen molar-refractivity contribution in [3.8, 4) is 0 Å². The molecule has 0 aliphatic heterocycles. The highest BCUT2D eigenvalue weighted by Crippen LogP contribution is 2.33. The van der Waals surface area contributed by atoms with E-state index in [0.717, 1.165) is 0 Å². The lowest BCUT2D eigenvalue weighted by Crippen LogP contribution is -2.42. The number of fused-ring (bicyclic) bond motifs is 1. The van der Waals surface area contributed by atoms with Crippen molar-refractivity contribution in [2.24, 2.45) is 0 Å². The van der Waals surface area contributed by atoms with Crippen LogP contribution < -0.4 is 10.9 Å². The summed E-state index contributed by atoms with van der Waals surface area (Å²) in [4.78, 5) is 25.5. The Hall–Kier alpha value is -2.74. The fourth-order valence-electron chi connectivity index (χ4n) is 2.87. The monoisotopic (exact) mass is 397 g/mol. The van der Waals surface area contributed by atoms with E-state index in [0.29, 0.717) is 21.4 Å². The van der Waals surface area contributed by atoms with Crippen LogP contribution in [0.3, 0.4) is 0 Å². The molecule has 2 N–H and O–H groups in total. The molecule has 3 aromatic heterocycles. The molecule has 4 aromatic rings. The molecule has 4 rings (SSSR count). The normalized spacial score (nSPS) is 13.4. The Balaban J connectivity index is 1.63. The number of benzene rings is 1. The van der Waals surface area contributed by atoms with Gasteiger partial charge in [0.1, 0.15) is 16.7 Å². The molecule has 3 heterocycles. The van der Waals surface area contributed by atoms with Crippen LogP contribution in [0.5, 0.6) is 0 Å². The van der Waals surface area contributed by atoms with Crippen molar-refractivity contribution < 1.29 is 14.3 Å². The van der Waals surface area contributed by atoms with Crippen LogP contribution in [0.25, 0.3) is 11.0 Å². The summed E-state index contributed by atoms with van der Waals surface area (Å²) in [6.45, 7) is -0.0602. The molecule has 5 nitrogen and oxygen atoms in total. The number of carbonyl (C=O) groups is 1. The SMILES string of the molecule is O=C(NC[C@](O)(c1ccsc1)c1cccs1)c1cc2ccccc2oc1=O. The van der Waals surface area contributed by atoms with Crippen LogP contribution in [-0.2, 0) is 5.60 Å². The highest BCUT2D eigenvalue weighted by Gasteiger charge is 2.34. The Morgan fingerprint density at radius 1 is 1.15 bits per heavy atom. The minimum absolute atomic E-state index is 0.0602. The van der Waals surface area contributed by atoms with E-state index in [2.05, 4.69) is 5.32 Å². The average Bonchev–Trinajstić information content (AvgIpc) is 3.39. The summed E-state index contributed by atoms with van der Waals surface area (Å²) >= 11 is 2.87. The lowest BCUT2D eigenvalue weighted by Gasteiger charge is -2.26. The Labute approximate surface area is 162 Å². The molecule has 7 heteroatoms. The smallest absolute Gasteiger partial charge is 0.349 e. The maximum absolute atomic E-state index is 12.6. The zero-order valence-corrected chi connectivity index (χ0v) is 15.7. The van der Waals surface area contributed by atoms with Gasteiger partial charge < -0.3 is 14.8 Å². The molecule has 136 valence electrons. The van der Waals surface area contributed by atoms with Gasteiger partial charge in [-0.2, -0.15) is 11.3 Å². The lowest BCUT2D eigenvalue weighted by atomic mass is 9.94. The molecule has 27 heavy (non-hydrogen) atoms. The molecule has 1 atom stereocenters. The van der Waals surface area contributed by atoms with Crippen LogP contribution >= 0.6 is 22.7 Å². The van der Waals surface area contributed by atoms with Gasteiger partial charge in [-0.05, 0) is 40.4 Å². The summed E-state index contributed by atoms with van der Waals surface area (Å²) in [5.74, 6) is -0.584. The third kappa shape index (κ3) is 3.32. The van der Waals surface area contributed by atoms with E-state index in [-0.39, 0.29) is 12.1 Å². The fraction of sp³-hybridized carbons (Fsp3) is 0.100. The van der Waals surface area contributed by atoms with Crippen molar-refractivity contribution in [3.05, 3.63) is 91.1 Å². The van der Waals surface area contributed by atoms with E-state index in [1.54, 1.807) is 24.3 Å². The van der Waals surface area contributed by atoms with Gasteiger partial charge in [0.05, 0.1) is 6.54 Å². The zero-order chi connectivity index (χ0) is 18.9. The number of thiophene rings is 2. The van der Waals surface area contributed by atoms with Gasteiger partial charge in [0.2, 0.25) is 0 Å². The Kier molecular flexibility index (Phi) is 4.65. The molecule has 0 unspecified atom stereocenters. The summed E-state index contributed by atoms with van der Waals surface area (Å²) in [5.41, 5.74) is -1.04. The summed E-state index contributed by atoms with van der Waals surface area (Å²) in [6.07, 6.45) is 0. The van der Waals surface area contributed by atoms with Crippen molar-refractivity contribution >= 4 is 39.5 Å². The third-order valence-corrected chi connectivity index (χ3v) is 6.02. The van der Waals surface area contributed by atoms with Crippen molar-refractivity contribution in [2.75, 3.05) is 6.54 Å². The summed E-state index contributed by atoms with van der Waals surface area (Å²) in [5, 5.41) is 20.2. The minimum Gasteiger partial charge on any atom is -0.422 e. The highest BCUT2D eigenvalue weighted by molar-refractivity contribution is 7.10. The first-order valence-corrected chi connectivity index (χ1v) is 10.0. The first-order chi connectivity index (χ1) is 13.1. The highest BCUT2D eigenvalue weighted by atomic mass is 32.1. The molecular weight excluding hydrogens is 382 g/mol. The first kappa shape index (κ1) is 17.7. The van der Waals surface area contributed by atoms with Gasteiger partial charge in [0, 0.05) is 15.8 Å².